The Labute approximate surface area is 165 Å². The van der Waals surface area contributed by atoms with Crippen molar-refractivity contribution in [3.8, 4) is 11.3 Å². The Balaban J connectivity index is 0.000000209. The summed E-state index contributed by atoms with van der Waals surface area (Å²) in [7, 11) is 0. The number of hydrogen-bond donors (Lipinski definition) is 0. The molecule has 0 bridgehead atoms. The first-order chi connectivity index (χ1) is 12.7. The molecule has 2 heteroatoms. The second-order valence-corrected chi connectivity index (χ2v) is 9.00. The first kappa shape index (κ1) is 21.0. The first-order valence-corrected chi connectivity index (χ1v) is 11.4. The minimum atomic E-state index is 0.694. The van der Waals surface area contributed by atoms with E-state index in [9.17, 15) is 0 Å². The summed E-state index contributed by atoms with van der Waals surface area (Å²) in [5.41, 5.74) is 3.64. The van der Waals surface area contributed by atoms with Crippen LogP contribution in [0.4, 0.5) is 0 Å². The average Bonchev–Trinajstić information content (AvgIpc) is 2.68. The van der Waals surface area contributed by atoms with Crippen molar-refractivity contribution in [3.63, 3.8) is 0 Å². The lowest BCUT2D eigenvalue weighted by molar-refractivity contribution is 0.391. The molecule has 1 aromatic carbocycles. The third-order valence-electron chi connectivity index (χ3n) is 4.81. The van der Waals surface area contributed by atoms with E-state index in [4.69, 9.17) is 0 Å². The van der Waals surface area contributed by atoms with E-state index in [1.54, 1.807) is 0 Å². The highest BCUT2D eigenvalue weighted by Crippen LogP contribution is 2.26. The van der Waals surface area contributed by atoms with E-state index in [2.05, 4.69) is 67.8 Å². The number of nitrogens with zero attached hydrogens (tertiary/aromatic N) is 1. The maximum Gasteiger partial charge on any atom is 0.0702 e. The minimum Gasteiger partial charge on any atom is -0.256 e. The summed E-state index contributed by atoms with van der Waals surface area (Å²) in [6, 6.07) is 14.7. The van der Waals surface area contributed by atoms with Gasteiger partial charge in [0.1, 0.15) is 0 Å². The van der Waals surface area contributed by atoms with Gasteiger partial charge in [0.2, 0.25) is 0 Å². The van der Waals surface area contributed by atoms with E-state index in [0.29, 0.717) is 5.92 Å². The van der Waals surface area contributed by atoms with Crippen LogP contribution in [0, 0.1) is 11.8 Å². The van der Waals surface area contributed by atoms with Crippen LogP contribution in [0.3, 0.4) is 0 Å². The summed E-state index contributed by atoms with van der Waals surface area (Å²) in [5, 5.41) is 0. The second kappa shape index (κ2) is 12.2. The van der Waals surface area contributed by atoms with Crippen molar-refractivity contribution in [2.75, 3.05) is 11.5 Å². The number of pyridine rings is 1. The second-order valence-electron chi connectivity index (χ2n) is 7.68. The van der Waals surface area contributed by atoms with Crippen LogP contribution in [0.1, 0.15) is 58.4 Å². The molecule has 142 valence electrons. The van der Waals surface area contributed by atoms with Crippen molar-refractivity contribution >= 4 is 11.8 Å². The number of rotatable bonds is 6. The van der Waals surface area contributed by atoms with Crippen molar-refractivity contribution in [1.82, 2.24) is 4.98 Å². The van der Waals surface area contributed by atoms with Gasteiger partial charge in [-0.3, -0.25) is 4.98 Å². The molecular formula is C24H35NS. The zero-order valence-electron chi connectivity index (χ0n) is 16.8. The van der Waals surface area contributed by atoms with E-state index in [-0.39, 0.29) is 0 Å². The highest BCUT2D eigenvalue weighted by molar-refractivity contribution is 7.99. The zero-order chi connectivity index (χ0) is 18.6. The molecule has 1 heterocycles. The minimum absolute atomic E-state index is 0.694. The standard InChI is InChI=1S/C15H17N.C9H18S/c1-12(2)10-13-6-5-7-14(11-13)15-8-3-4-9-16-15;1-2-10-8-9-6-4-3-5-7-9/h3-9,11-12H,10H2,1-2H3;9H,2-8H2,1H3. The molecule has 0 radical (unpaired) electrons. The highest BCUT2D eigenvalue weighted by Gasteiger charge is 2.12. The summed E-state index contributed by atoms with van der Waals surface area (Å²) >= 11 is 2.11. The summed E-state index contributed by atoms with van der Waals surface area (Å²) in [6.07, 6.45) is 10.5. The van der Waals surface area contributed by atoms with Crippen molar-refractivity contribution in [2.45, 2.75) is 59.3 Å². The van der Waals surface area contributed by atoms with Gasteiger partial charge in [-0.05, 0) is 66.4 Å². The molecule has 0 aliphatic heterocycles. The van der Waals surface area contributed by atoms with E-state index >= 15 is 0 Å². The number of hydrogen-bond acceptors (Lipinski definition) is 2. The van der Waals surface area contributed by atoms with Gasteiger partial charge in [-0.15, -0.1) is 0 Å². The van der Waals surface area contributed by atoms with E-state index < -0.39 is 0 Å². The van der Waals surface area contributed by atoms with Crippen LogP contribution in [-0.4, -0.2) is 16.5 Å². The van der Waals surface area contributed by atoms with Crippen LogP contribution in [0.25, 0.3) is 11.3 Å². The molecule has 1 aliphatic carbocycles. The first-order valence-electron chi connectivity index (χ1n) is 10.3. The van der Waals surface area contributed by atoms with E-state index in [1.807, 2.05) is 18.3 Å². The summed E-state index contributed by atoms with van der Waals surface area (Å²) in [6.45, 7) is 6.74. The quantitative estimate of drug-likeness (QED) is 0.531. The van der Waals surface area contributed by atoms with Crippen LogP contribution in [0.5, 0.6) is 0 Å². The molecule has 0 atom stereocenters. The van der Waals surface area contributed by atoms with Crippen molar-refractivity contribution in [3.05, 3.63) is 54.2 Å². The number of thioether (sulfide) groups is 1. The smallest absolute Gasteiger partial charge is 0.0702 e. The van der Waals surface area contributed by atoms with E-state index in [0.717, 1.165) is 18.0 Å². The lowest BCUT2D eigenvalue weighted by atomic mass is 9.91. The Morgan fingerprint density at radius 3 is 2.50 bits per heavy atom. The summed E-state index contributed by atoms with van der Waals surface area (Å²) in [4.78, 5) is 4.37. The van der Waals surface area contributed by atoms with Crippen LogP contribution < -0.4 is 0 Å². The molecule has 3 rings (SSSR count). The van der Waals surface area contributed by atoms with Crippen molar-refractivity contribution in [1.29, 1.82) is 0 Å². The third kappa shape index (κ3) is 7.95. The zero-order valence-corrected chi connectivity index (χ0v) is 17.6. The Kier molecular flexibility index (Phi) is 9.84. The molecule has 0 N–H and O–H groups in total. The predicted octanol–water partition coefficient (Wildman–Crippen LogP) is 7.27. The van der Waals surface area contributed by atoms with Gasteiger partial charge in [0.25, 0.3) is 0 Å². The summed E-state index contributed by atoms with van der Waals surface area (Å²) < 4.78 is 0. The largest absolute Gasteiger partial charge is 0.256 e. The van der Waals surface area contributed by atoms with Gasteiger partial charge < -0.3 is 0 Å². The normalized spacial score (nSPS) is 14.8. The molecule has 26 heavy (non-hydrogen) atoms. The Hall–Kier alpha value is -1.28. The molecule has 1 aliphatic rings. The molecule has 0 saturated heterocycles. The van der Waals surface area contributed by atoms with Gasteiger partial charge in [-0.25, -0.2) is 0 Å². The van der Waals surface area contributed by atoms with Crippen molar-refractivity contribution < 1.29 is 0 Å². The molecule has 0 unspecified atom stereocenters. The molecule has 1 fully saturated rings. The van der Waals surface area contributed by atoms with Crippen molar-refractivity contribution in [2.24, 2.45) is 11.8 Å². The number of benzene rings is 1. The molecule has 0 spiro atoms. The molecule has 1 aromatic heterocycles. The van der Waals surface area contributed by atoms with Gasteiger partial charge in [0, 0.05) is 11.8 Å². The van der Waals surface area contributed by atoms with Crippen LogP contribution in [0.2, 0.25) is 0 Å². The molecule has 2 aromatic rings. The van der Waals surface area contributed by atoms with E-state index in [1.165, 1.54) is 54.7 Å². The highest BCUT2D eigenvalue weighted by atomic mass is 32.2. The fourth-order valence-electron chi connectivity index (χ4n) is 3.50. The summed E-state index contributed by atoms with van der Waals surface area (Å²) in [5.74, 6) is 4.49. The van der Waals surface area contributed by atoms with Gasteiger partial charge in [0.05, 0.1) is 5.69 Å². The lowest BCUT2D eigenvalue weighted by Gasteiger charge is -2.20. The SMILES string of the molecule is CC(C)Cc1cccc(-c2ccccn2)c1.CCSCC1CCCCC1. The maximum absolute atomic E-state index is 4.37. The Morgan fingerprint density at radius 2 is 1.85 bits per heavy atom. The van der Waals surface area contributed by atoms with Crippen LogP contribution in [-0.2, 0) is 6.42 Å². The number of aromatic nitrogens is 1. The van der Waals surface area contributed by atoms with Crippen LogP contribution >= 0.6 is 11.8 Å². The van der Waals surface area contributed by atoms with Gasteiger partial charge in [-0.2, -0.15) is 11.8 Å². The average molecular weight is 370 g/mol. The topological polar surface area (TPSA) is 12.9 Å². The molecule has 1 saturated carbocycles. The Bertz CT molecular complexity index is 603. The maximum atomic E-state index is 4.37. The predicted molar refractivity (Wildman–Crippen MR) is 118 cm³/mol. The Morgan fingerprint density at radius 1 is 1.04 bits per heavy atom. The van der Waals surface area contributed by atoms with Gasteiger partial charge in [0.15, 0.2) is 0 Å². The third-order valence-corrected chi connectivity index (χ3v) is 5.93. The fourth-order valence-corrected chi connectivity index (χ4v) is 4.40. The fraction of sp³-hybridized carbons (Fsp3) is 0.542. The van der Waals surface area contributed by atoms with Gasteiger partial charge in [-0.1, -0.05) is 64.3 Å². The van der Waals surface area contributed by atoms with Crippen LogP contribution in [0.15, 0.2) is 48.7 Å². The lowest BCUT2D eigenvalue weighted by Crippen LogP contribution is -2.08. The molecular weight excluding hydrogens is 334 g/mol. The molecule has 0 amide bonds. The monoisotopic (exact) mass is 369 g/mol. The molecule has 1 nitrogen and oxygen atoms in total. The van der Waals surface area contributed by atoms with Gasteiger partial charge >= 0.3 is 0 Å².